The van der Waals surface area contributed by atoms with Gasteiger partial charge >= 0.3 is 0 Å². The smallest absolute Gasteiger partial charge is 0.243 e. The number of hydrogen-bond acceptors (Lipinski definition) is 4. The number of carbonyl (C=O) groups excluding carboxylic acids is 2. The molecule has 7 nitrogen and oxygen atoms in total. The summed E-state index contributed by atoms with van der Waals surface area (Å²) in [4.78, 5) is 28.5. The Hall–Kier alpha value is -2.67. The van der Waals surface area contributed by atoms with Gasteiger partial charge in [0.15, 0.2) is 0 Å². The van der Waals surface area contributed by atoms with E-state index in [2.05, 4.69) is 21.4 Å². The third-order valence-corrected chi connectivity index (χ3v) is 4.82. The quantitative estimate of drug-likeness (QED) is 0.724. The lowest BCUT2D eigenvalue weighted by Gasteiger charge is -2.15. The first-order chi connectivity index (χ1) is 12.9. The van der Waals surface area contributed by atoms with Crippen LogP contribution in [-0.2, 0) is 22.6 Å². The summed E-state index contributed by atoms with van der Waals surface area (Å²) in [6, 6.07) is 6.95. The predicted molar refractivity (Wildman–Crippen MR) is 105 cm³/mol. The lowest BCUT2D eigenvalue weighted by Crippen LogP contribution is -2.46. The molecule has 0 unspecified atom stereocenters. The van der Waals surface area contributed by atoms with Crippen molar-refractivity contribution in [1.29, 1.82) is 0 Å². The van der Waals surface area contributed by atoms with Gasteiger partial charge in [-0.05, 0) is 30.9 Å². The highest BCUT2D eigenvalue weighted by Crippen LogP contribution is 2.23. The Bertz CT molecular complexity index is 787. The zero-order chi connectivity index (χ0) is 19.4. The molecule has 0 aliphatic carbocycles. The highest BCUT2D eigenvalue weighted by Gasteiger charge is 2.17. The Kier molecular flexibility index (Phi) is 5.91. The number of benzene rings is 1. The van der Waals surface area contributed by atoms with Crippen molar-refractivity contribution in [2.75, 3.05) is 11.9 Å². The van der Waals surface area contributed by atoms with Crippen molar-refractivity contribution in [3.8, 4) is 11.3 Å². The molecule has 2 aromatic rings. The van der Waals surface area contributed by atoms with Crippen LogP contribution in [-0.4, -0.2) is 34.0 Å². The topological polar surface area (TPSA) is 102 Å². The van der Waals surface area contributed by atoms with Crippen LogP contribution in [0.2, 0.25) is 0 Å². The fraction of sp³-hybridized carbons (Fsp3) is 0.450. The van der Waals surface area contributed by atoms with Gasteiger partial charge in [0, 0.05) is 30.4 Å². The summed E-state index contributed by atoms with van der Waals surface area (Å²) >= 11 is 0. The first-order valence-electron chi connectivity index (χ1n) is 9.43. The molecule has 1 aromatic carbocycles. The van der Waals surface area contributed by atoms with E-state index in [0.29, 0.717) is 5.69 Å². The molecule has 2 amide bonds. The Morgan fingerprint density at radius 2 is 1.96 bits per heavy atom. The summed E-state index contributed by atoms with van der Waals surface area (Å²) in [7, 11) is 0. The molecule has 4 N–H and O–H groups in total. The first kappa shape index (κ1) is 19.1. The van der Waals surface area contributed by atoms with Crippen molar-refractivity contribution in [1.82, 2.24) is 14.9 Å². The number of rotatable bonds is 6. The van der Waals surface area contributed by atoms with E-state index in [4.69, 9.17) is 10.7 Å². The number of aryl methyl sites for hydroxylation is 2. The van der Waals surface area contributed by atoms with Gasteiger partial charge in [-0.1, -0.05) is 26.0 Å². The van der Waals surface area contributed by atoms with Crippen molar-refractivity contribution in [2.45, 2.75) is 45.7 Å². The maximum atomic E-state index is 12.0. The Morgan fingerprint density at radius 3 is 2.63 bits per heavy atom. The van der Waals surface area contributed by atoms with Crippen molar-refractivity contribution in [3.63, 3.8) is 0 Å². The number of fused-ring (bicyclic) bond motifs is 1. The molecule has 0 fully saturated rings. The van der Waals surface area contributed by atoms with Crippen molar-refractivity contribution < 1.29 is 9.59 Å². The monoisotopic (exact) mass is 369 g/mol. The van der Waals surface area contributed by atoms with Crippen molar-refractivity contribution >= 4 is 17.5 Å². The first-order valence-corrected chi connectivity index (χ1v) is 9.43. The van der Waals surface area contributed by atoms with Crippen LogP contribution in [0.3, 0.4) is 0 Å². The van der Waals surface area contributed by atoms with E-state index in [1.807, 2.05) is 38.1 Å². The van der Waals surface area contributed by atoms with Crippen LogP contribution in [0, 0.1) is 5.92 Å². The number of nitrogens with one attached hydrogen (secondary N) is 2. The predicted octanol–water partition coefficient (Wildman–Crippen LogP) is 1.92. The summed E-state index contributed by atoms with van der Waals surface area (Å²) in [5, 5.41) is 5.33. The van der Waals surface area contributed by atoms with E-state index in [-0.39, 0.29) is 24.3 Å². The van der Waals surface area contributed by atoms with Crippen LogP contribution in [0.15, 0.2) is 30.5 Å². The molecule has 1 atom stereocenters. The summed E-state index contributed by atoms with van der Waals surface area (Å²) in [5.74, 6) is 0.557. The van der Waals surface area contributed by atoms with Gasteiger partial charge in [-0.3, -0.25) is 9.59 Å². The van der Waals surface area contributed by atoms with E-state index in [9.17, 15) is 9.59 Å². The Balaban J connectivity index is 1.55. The van der Waals surface area contributed by atoms with Gasteiger partial charge < -0.3 is 20.9 Å². The third kappa shape index (κ3) is 4.74. The van der Waals surface area contributed by atoms with Gasteiger partial charge in [0.2, 0.25) is 11.8 Å². The highest BCUT2D eigenvalue weighted by molar-refractivity contribution is 5.95. The molecule has 0 spiro atoms. The van der Waals surface area contributed by atoms with Crippen LogP contribution >= 0.6 is 0 Å². The zero-order valence-electron chi connectivity index (χ0n) is 15.9. The molecular weight excluding hydrogens is 342 g/mol. The highest BCUT2D eigenvalue weighted by atomic mass is 16.2. The summed E-state index contributed by atoms with van der Waals surface area (Å²) in [6.45, 7) is 4.65. The van der Waals surface area contributed by atoms with E-state index in [1.54, 1.807) is 0 Å². The molecule has 27 heavy (non-hydrogen) atoms. The average molecular weight is 369 g/mol. The molecule has 3 rings (SSSR count). The standard InChI is InChI=1S/C20H27N5O2/c1-13(2)19(21)20(27)22-11-18(26)23-15-8-6-14(7-9-15)16-12-25-10-4-3-5-17(25)24-16/h6-9,12-13,19H,3-5,10-11,21H2,1-2H3,(H,22,27)(H,23,26)/t19-/m0/s1. The molecule has 0 saturated carbocycles. The van der Waals surface area contributed by atoms with Gasteiger partial charge in [0.25, 0.3) is 0 Å². The molecule has 1 aromatic heterocycles. The van der Waals surface area contributed by atoms with E-state index >= 15 is 0 Å². The lowest BCUT2D eigenvalue weighted by atomic mass is 10.1. The van der Waals surface area contributed by atoms with Crippen LogP contribution in [0.1, 0.15) is 32.5 Å². The van der Waals surface area contributed by atoms with Gasteiger partial charge in [0.05, 0.1) is 18.3 Å². The maximum Gasteiger partial charge on any atom is 0.243 e. The average Bonchev–Trinajstić information content (AvgIpc) is 3.10. The molecule has 1 aliphatic heterocycles. The summed E-state index contributed by atoms with van der Waals surface area (Å²) in [6.07, 6.45) is 5.52. The molecule has 144 valence electrons. The van der Waals surface area contributed by atoms with Crippen molar-refractivity contribution in [2.24, 2.45) is 11.7 Å². The second kappa shape index (κ2) is 8.35. The Labute approximate surface area is 159 Å². The second-order valence-electron chi connectivity index (χ2n) is 7.31. The number of imidazole rings is 1. The minimum atomic E-state index is -0.613. The van der Waals surface area contributed by atoms with Crippen LogP contribution in [0.25, 0.3) is 11.3 Å². The number of hydrogen-bond donors (Lipinski definition) is 3. The van der Waals surface area contributed by atoms with Gasteiger partial charge in [-0.25, -0.2) is 4.98 Å². The second-order valence-corrected chi connectivity index (χ2v) is 7.31. The minimum absolute atomic E-state index is 0.0224. The number of nitrogens with two attached hydrogens (primary N) is 1. The number of nitrogens with zero attached hydrogens (tertiary/aromatic N) is 2. The van der Waals surface area contributed by atoms with Gasteiger partial charge in [-0.2, -0.15) is 0 Å². The molecule has 0 bridgehead atoms. The molecule has 7 heteroatoms. The van der Waals surface area contributed by atoms with Crippen LogP contribution in [0.5, 0.6) is 0 Å². The van der Waals surface area contributed by atoms with Crippen molar-refractivity contribution in [3.05, 3.63) is 36.3 Å². The van der Waals surface area contributed by atoms with Crippen LogP contribution in [0.4, 0.5) is 5.69 Å². The largest absolute Gasteiger partial charge is 0.346 e. The number of anilines is 1. The van der Waals surface area contributed by atoms with Gasteiger partial charge in [-0.15, -0.1) is 0 Å². The van der Waals surface area contributed by atoms with Crippen LogP contribution < -0.4 is 16.4 Å². The molecular formula is C20H27N5O2. The fourth-order valence-corrected chi connectivity index (χ4v) is 3.07. The third-order valence-electron chi connectivity index (χ3n) is 4.82. The van der Waals surface area contributed by atoms with E-state index in [1.165, 1.54) is 12.8 Å². The van der Waals surface area contributed by atoms with E-state index < -0.39 is 6.04 Å². The molecule has 0 radical (unpaired) electrons. The molecule has 1 aliphatic rings. The number of amides is 2. The minimum Gasteiger partial charge on any atom is -0.346 e. The lowest BCUT2D eigenvalue weighted by molar-refractivity contribution is -0.125. The van der Waals surface area contributed by atoms with Gasteiger partial charge in [0.1, 0.15) is 5.82 Å². The maximum absolute atomic E-state index is 12.0. The van der Waals surface area contributed by atoms with E-state index in [0.717, 1.165) is 30.0 Å². The normalized spacial score (nSPS) is 14.5. The summed E-state index contributed by atoms with van der Waals surface area (Å²) < 4.78 is 2.22. The number of carbonyl (C=O) groups is 2. The molecule has 2 heterocycles. The summed E-state index contributed by atoms with van der Waals surface area (Å²) in [5.41, 5.74) is 8.41. The Morgan fingerprint density at radius 1 is 1.22 bits per heavy atom. The molecule has 0 saturated heterocycles. The zero-order valence-corrected chi connectivity index (χ0v) is 15.9. The number of aromatic nitrogens is 2. The fourth-order valence-electron chi connectivity index (χ4n) is 3.07. The SMILES string of the molecule is CC(C)[C@H](N)C(=O)NCC(=O)Nc1ccc(-c2cn3c(n2)CCCC3)cc1.